The number of nitrogen functional groups attached to an aromatic ring is 2. The number of aliphatic carboxylic acids is 1. The quantitative estimate of drug-likeness (QED) is 0.00932. The molecule has 4 aliphatic rings. The molecule has 23 nitrogen and oxygen atoms in total. The maximum absolute atomic E-state index is 12.6. The molecule has 2 aliphatic heterocycles. The van der Waals surface area contributed by atoms with Gasteiger partial charge in [0.25, 0.3) is 10.1 Å². The lowest BCUT2D eigenvalue weighted by Crippen LogP contribution is -2.34. The molecule has 528 valence electrons. The molecule has 6 aromatic rings. The van der Waals surface area contributed by atoms with Crippen LogP contribution in [-0.2, 0) is 29.8 Å². The number of hydrogen-bond donors (Lipinski definition) is 3. The van der Waals surface area contributed by atoms with Gasteiger partial charge in [-0.1, -0.05) is 46.4 Å². The summed E-state index contributed by atoms with van der Waals surface area (Å²) in [5.74, 6) is 0.411. The van der Waals surface area contributed by atoms with Crippen molar-refractivity contribution >= 4 is 129 Å². The molecule has 0 aromatic heterocycles. The number of amidine groups is 1. The van der Waals surface area contributed by atoms with Gasteiger partial charge < -0.3 is 63.5 Å². The fraction of sp³-hybridized carbons (Fsp3) is 0.254. The summed E-state index contributed by atoms with van der Waals surface area (Å²) >= 11 is 24.0. The van der Waals surface area contributed by atoms with Crippen LogP contribution in [0, 0.1) is 13.8 Å². The monoisotopic (exact) mass is 1480 g/mol. The van der Waals surface area contributed by atoms with Gasteiger partial charge in [-0.25, -0.2) is 17.9 Å². The Labute approximate surface area is 597 Å². The average Bonchev–Trinajstić information content (AvgIpc) is 0.751. The van der Waals surface area contributed by atoms with Crippen LogP contribution in [0.3, 0.4) is 0 Å². The van der Waals surface area contributed by atoms with E-state index in [4.69, 9.17) is 85.7 Å². The largest absolute Gasteiger partial charge is 0.744 e. The van der Waals surface area contributed by atoms with Crippen molar-refractivity contribution in [3.05, 3.63) is 173 Å². The molecule has 0 unspecified atom stereocenters. The smallest absolute Gasteiger partial charge is 0.450 e. The molecule has 0 bridgehead atoms. The van der Waals surface area contributed by atoms with Crippen molar-refractivity contribution in [2.24, 2.45) is 0 Å². The van der Waals surface area contributed by atoms with Crippen molar-refractivity contribution in [2.75, 3.05) is 89.9 Å². The van der Waals surface area contributed by atoms with Crippen LogP contribution in [0.25, 0.3) is 66.8 Å². The SMILES string of the molecule is CCN(CCCC(=O)Oc1c(Cl)cc(S(=O)(=O)O)cc1Cl)c1cc(OC)c(-c2c3ccc(=O)cc-3oc3cc(N)ccc23)cc1C.CCN(CCCC(=O)[O-])c1cc(OC)c(-c2c3ccc(=O)cc-3oc3cc(N)ccc23)cc1C.CN(C)C(Oc1c(Cl)cc(S(=O)(=O)[O-])cc1Cl)=[N+](C)C. The van der Waals surface area contributed by atoms with E-state index in [0.29, 0.717) is 84.1 Å². The number of anilines is 4. The molecule has 0 amide bonds. The molecule has 0 saturated heterocycles. The number of rotatable bonds is 20. The number of halogens is 4. The minimum atomic E-state index is -4.63. The Morgan fingerprint density at radius 2 is 0.990 bits per heavy atom. The van der Waals surface area contributed by atoms with Crippen LogP contribution in [0.15, 0.2) is 150 Å². The Morgan fingerprint density at radius 3 is 1.36 bits per heavy atom. The molecule has 5 N–H and O–H groups in total. The molecule has 0 fully saturated rings. The van der Waals surface area contributed by atoms with Gasteiger partial charge in [-0.2, -0.15) is 8.42 Å². The number of methoxy groups -OCH3 is 2. The number of aryl methyl sites for hydroxylation is 2. The van der Waals surface area contributed by atoms with Gasteiger partial charge in [0.2, 0.25) is 0 Å². The van der Waals surface area contributed by atoms with Gasteiger partial charge in [0, 0.05) is 142 Å². The van der Waals surface area contributed by atoms with Crippen molar-refractivity contribution < 1.29 is 73.0 Å². The highest BCUT2D eigenvalue weighted by atomic mass is 35.5. The molecule has 0 atom stereocenters. The van der Waals surface area contributed by atoms with E-state index < -0.39 is 42.0 Å². The van der Waals surface area contributed by atoms with Crippen molar-refractivity contribution in [3.63, 3.8) is 0 Å². The van der Waals surface area contributed by atoms with Crippen LogP contribution >= 0.6 is 46.4 Å². The number of ether oxygens (including phenoxy) is 4. The van der Waals surface area contributed by atoms with Crippen LogP contribution in [0.1, 0.15) is 50.7 Å². The second kappa shape index (κ2) is 32.3. The number of esters is 1. The first-order valence-electron chi connectivity index (χ1n) is 30.8. The van der Waals surface area contributed by atoms with E-state index in [1.165, 1.54) is 24.3 Å². The number of carbonyl (C=O) groups excluding carboxylic acids is 2. The molecule has 0 spiro atoms. The van der Waals surface area contributed by atoms with Gasteiger partial charge in [-0.05, 0) is 143 Å². The van der Waals surface area contributed by atoms with Gasteiger partial charge in [0.1, 0.15) is 44.3 Å². The minimum absolute atomic E-state index is 0.0150. The first-order valence-corrected chi connectivity index (χ1v) is 35.1. The first-order chi connectivity index (χ1) is 47.1. The Bertz CT molecular complexity index is 5060. The lowest BCUT2D eigenvalue weighted by atomic mass is 9.91. The van der Waals surface area contributed by atoms with E-state index in [2.05, 4.69) is 15.9 Å². The van der Waals surface area contributed by atoms with Crippen LogP contribution in [0.5, 0.6) is 23.0 Å². The Morgan fingerprint density at radius 1 is 0.580 bits per heavy atom. The zero-order valence-corrected chi connectivity index (χ0v) is 60.6. The zero-order valence-electron chi connectivity index (χ0n) is 56.0. The highest BCUT2D eigenvalue weighted by Gasteiger charge is 2.27. The van der Waals surface area contributed by atoms with E-state index in [1.807, 2.05) is 64.1 Å². The van der Waals surface area contributed by atoms with E-state index in [9.17, 15) is 50.2 Å². The summed E-state index contributed by atoms with van der Waals surface area (Å²) in [7, 11) is 1.07. The van der Waals surface area contributed by atoms with Crippen molar-refractivity contribution in [1.29, 1.82) is 0 Å². The van der Waals surface area contributed by atoms with Gasteiger partial charge in [0.05, 0.1) is 72.3 Å². The van der Waals surface area contributed by atoms with Crippen molar-refractivity contribution in [1.82, 2.24) is 4.90 Å². The third kappa shape index (κ3) is 18.0. The van der Waals surface area contributed by atoms with E-state index in [-0.39, 0.29) is 55.3 Å². The number of carboxylic acids is 1. The molecule has 2 heterocycles. The predicted molar refractivity (Wildman–Crippen MR) is 388 cm³/mol. The summed E-state index contributed by atoms with van der Waals surface area (Å²) in [6.07, 6.45) is 0.950. The Balaban J connectivity index is 0.000000206. The molecular formula is C71H71Cl4N6O17S2-. The van der Waals surface area contributed by atoms with E-state index in [0.717, 1.165) is 97.5 Å². The van der Waals surface area contributed by atoms with Crippen LogP contribution < -0.4 is 56.2 Å². The van der Waals surface area contributed by atoms with Gasteiger partial charge in [0.15, 0.2) is 22.4 Å². The molecule has 2 aliphatic carbocycles. The summed E-state index contributed by atoms with van der Waals surface area (Å²) in [5, 5.41) is 11.9. The lowest BCUT2D eigenvalue weighted by molar-refractivity contribution is -0.478. The average molecular weight is 1490 g/mol. The molecule has 0 radical (unpaired) electrons. The normalized spacial score (nSPS) is 11.4. The fourth-order valence-electron chi connectivity index (χ4n) is 11.2. The summed E-state index contributed by atoms with van der Waals surface area (Å²) < 4.78 is 101. The number of nitrogens with zero attached hydrogens (tertiary/aromatic N) is 4. The van der Waals surface area contributed by atoms with Gasteiger partial charge in [-0.15, -0.1) is 0 Å². The summed E-state index contributed by atoms with van der Waals surface area (Å²) in [6.45, 7) is 10.5. The second-order valence-electron chi connectivity index (χ2n) is 23.2. The molecule has 100 heavy (non-hydrogen) atoms. The number of fused-ring (bicyclic) bond motifs is 4. The van der Waals surface area contributed by atoms with Crippen molar-refractivity contribution in [2.45, 2.75) is 63.2 Å². The van der Waals surface area contributed by atoms with Crippen LogP contribution in [-0.4, -0.2) is 122 Å². The fourth-order valence-corrected chi connectivity index (χ4v) is 13.7. The number of benzene rings is 8. The maximum atomic E-state index is 12.6. The molecule has 6 aromatic carbocycles. The molecule has 29 heteroatoms. The third-order valence-corrected chi connectivity index (χ3v) is 18.5. The van der Waals surface area contributed by atoms with Crippen LogP contribution in [0.2, 0.25) is 20.1 Å². The summed E-state index contributed by atoms with van der Waals surface area (Å²) in [4.78, 5) is 52.6. The number of hydrogen-bond acceptors (Lipinski definition) is 20. The zero-order chi connectivity index (χ0) is 73.4. The van der Waals surface area contributed by atoms with Gasteiger partial charge in [-0.3, -0.25) is 18.9 Å². The Kier molecular flexibility index (Phi) is 24.7. The van der Waals surface area contributed by atoms with Gasteiger partial charge >= 0.3 is 12.0 Å². The second-order valence-corrected chi connectivity index (χ2v) is 27.6. The maximum Gasteiger partial charge on any atom is 0.450 e. The topological polar surface area (TPSA) is 331 Å². The van der Waals surface area contributed by atoms with E-state index >= 15 is 0 Å². The first kappa shape index (κ1) is 76.4. The Hall–Kier alpha value is -9.31. The molecular weight excluding hydrogens is 1410 g/mol. The number of carbonyl (C=O) groups is 2. The molecule has 0 saturated carbocycles. The summed E-state index contributed by atoms with van der Waals surface area (Å²) in [5.41, 5.74) is 22.7. The predicted octanol–water partition coefficient (Wildman–Crippen LogP) is 12.5. The molecule has 10 rings (SSSR count). The third-order valence-electron chi connectivity index (χ3n) is 15.8. The summed E-state index contributed by atoms with van der Waals surface area (Å²) in [6, 6.07) is 32.7. The van der Waals surface area contributed by atoms with Crippen molar-refractivity contribution in [3.8, 4) is 67.9 Å². The highest BCUT2D eigenvalue weighted by Crippen LogP contribution is 2.48. The highest BCUT2D eigenvalue weighted by molar-refractivity contribution is 7.86. The lowest BCUT2D eigenvalue weighted by Gasteiger charge is -2.27. The number of nitrogens with two attached hydrogens (primary N) is 2. The van der Waals surface area contributed by atoms with E-state index in [1.54, 1.807) is 82.2 Å². The number of carboxylic acid groups (broad SMARTS) is 1. The standard InChI is InChI=1S/C33H30Cl2N2O8S.C27H28N2O5.C11H14Cl2N2O4S/c1-4-37(11-5-6-31(39)45-33-25(34)15-21(16-26(33)35)46(40,41)42)27-17-28(43-3)24(12-18(27)2)32-22-9-7-19(36)13-29(22)44-30-14-20(38)8-10-23(30)32;1-4-29(11-5-6-26(31)32)22-15-23(33-3)21(12-16(22)2)27-19-9-7-17(28)13-24(19)34-25-14-18(30)8-10-20(25)27;1-14(2)11(15(3)4)19-10-8(12)5-7(6-9(10)13)20(16,17)18/h7-10,12-17H,4-6,11,36H2,1-3H3,(H,40,41,42);7-10,12-15H,4-6,11,28H2,1-3H3,(H,31,32);5-6H,1-4H3/p-1. The van der Waals surface area contributed by atoms with Crippen LogP contribution in [0.4, 0.5) is 22.7 Å². The minimum Gasteiger partial charge on any atom is -0.744 e.